The van der Waals surface area contributed by atoms with Gasteiger partial charge in [0.25, 0.3) is 0 Å². The van der Waals surface area contributed by atoms with Gasteiger partial charge in [0.1, 0.15) is 0 Å². The van der Waals surface area contributed by atoms with Gasteiger partial charge in [-0.25, -0.2) is 0 Å². The van der Waals surface area contributed by atoms with E-state index in [0.717, 1.165) is 12.8 Å². The molecule has 0 saturated carbocycles. The minimum absolute atomic E-state index is 0.287. The summed E-state index contributed by atoms with van der Waals surface area (Å²) >= 11 is 0. The number of hydrogen-bond acceptors (Lipinski definition) is 1. The second-order valence-corrected chi connectivity index (χ2v) is 2.69. The molecule has 0 heterocycles. The standard InChI is InChI=1S/C8H13N/c1-6-3-4-8(9)7(2)5-6/h5,8H,1,3-4,9H2,2H3. The molecule has 0 aromatic rings. The van der Waals surface area contributed by atoms with E-state index in [1.807, 2.05) is 0 Å². The van der Waals surface area contributed by atoms with Gasteiger partial charge in [0.15, 0.2) is 0 Å². The van der Waals surface area contributed by atoms with Gasteiger partial charge in [-0.3, -0.25) is 0 Å². The van der Waals surface area contributed by atoms with Gasteiger partial charge in [-0.2, -0.15) is 0 Å². The summed E-state index contributed by atoms with van der Waals surface area (Å²) in [5.41, 5.74) is 8.22. The summed E-state index contributed by atoms with van der Waals surface area (Å²) < 4.78 is 0. The molecule has 1 unspecified atom stereocenters. The van der Waals surface area contributed by atoms with Crippen LogP contribution in [-0.4, -0.2) is 6.04 Å². The number of hydrogen-bond donors (Lipinski definition) is 1. The van der Waals surface area contributed by atoms with Crippen molar-refractivity contribution in [2.24, 2.45) is 5.73 Å². The molecule has 2 N–H and O–H groups in total. The van der Waals surface area contributed by atoms with E-state index < -0.39 is 0 Å². The summed E-state index contributed by atoms with van der Waals surface area (Å²) in [7, 11) is 0. The van der Waals surface area contributed by atoms with Gasteiger partial charge in [0.2, 0.25) is 0 Å². The minimum Gasteiger partial charge on any atom is -0.324 e. The lowest BCUT2D eigenvalue weighted by atomic mass is 9.93. The van der Waals surface area contributed by atoms with Crippen molar-refractivity contribution in [1.82, 2.24) is 0 Å². The third-order valence-corrected chi connectivity index (χ3v) is 1.79. The molecular formula is C8H13N. The Hall–Kier alpha value is -0.560. The summed E-state index contributed by atoms with van der Waals surface area (Å²) in [6, 6.07) is 0.287. The van der Waals surface area contributed by atoms with E-state index in [1.54, 1.807) is 0 Å². The average Bonchev–Trinajstić information content (AvgIpc) is 1.80. The molecule has 0 radical (unpaired) electrons. The normalized spacial score (nSPS) is 28.0. The zero-order valence-corrected chi connectivity index (χ0v) is 5.85. The summed E-state index contributed by atoms with van der Waals surface area (Å²) in [5.74, 6) is 0. The molecule has 0 aliphatic heterocycles. The van der Waals surface area contributed by atoms with E-state index in [1.165, 1.54) is 11.1 Å². The lowest BCUT2D eigenvalue weighted by Crippen LogP contribution is -2.23. The van der Waals surface area contributed by atoms with Crippen LogP contribution in [0.2, 0.25) is 0 Å². The van der Waals surface area contributed by atoms with Crippen molar-refractivity contribution in [3.8, 4) is 0 Å². The maximum absolute atomic E-state index is 5.73. The summed E-state index contributed by atoms with van der Waals surface area (Å²) in [6.45, 7) is 5.93. The van der Waals surface area contributed by atoms with Crippen LogP contribution < -0.4 is 5.73 Å². The first-order valence-electron chi connectivity index (χ1n) is 3.31. The van der Waals surface area contributed by atoms with E-state index in [9.17, 15) is 0 Å². The summed E-state index contributed by atoms with van der Waals surface area (Å²) in [6.07, 6.45) is 4.23. The van der Waals surface area contributed by atoms with Crippen molar-refractivity contribution in [1.29, 1.82) is 0 Å². The van der Waals surface area contributed by atoms with Crippen molar-refractivity contribution in [2.45, 2.75) is 25.8 Å². The maximum atomic E-state index is 5.73. The SMILES string of the molecule is C=C1C=C(C)C(N)CC1. The molecule has 0 fully saturated rings. The van der Waals surface area contributed by atoms with Gasteiger partial charge >= 0.3 is 0 Å². The molecule has 1 aliphatic carbocycles. The van der Waals surface area contributed by atoms with Crippen molar-refractivity contribution in [2.75, 3.05) is 0 Å². The van der Waals surface area contributed by atoms with Crippen molar-refractivity contribution >= 4 is 0 Å². The third-order valence-electron chi connectivity index (χ3n) is 1.79. The van der Waals surface area contributed by atoms with Crippen molar-refractivity contribution in [3.05, 3.63) is 23.8 Å². The molecule has 50 valence electrons. The number of nitrogens with two attached hydrogens (primary N) is 1. The quantitative estimate of drug-likeness (QED) is 0.520. The van der Waals surface area contributed by atoms with Crippen LogP contribution in [0, 0.1) is 0 Å². The van der Waals surface area contributed by atoms with E-state index in [-0.39, 0.29) is 6.04 Å². The Morgan fingerprint density at radius 3 is 2.89 bits per heavy atom. The van der Waals surface area contributed by atoms with Crippen LogP contribution in [0.3, 0.4) is 0 Å². The minimum atomic E-state index is 0.287. The molecule has 0 amide bonds. The molecule has 1 nitrogen and oxygen atoms in total. The predicted molar refractivity (Wildman–Crippen MR) is 40.1 cm³/mol. The predicted octanol–water partition coefficient (Wildman–Crippen LogP) is 1.61. The second kappa shape index (κ2) is 2.36. The van der Waals surface area contributed by atoms with Gasteiger partial charge in [-0.15, -0.1) is 0 Å². The van der Waals surface area contributed by atoms with Crippen LogP contribution in [0.4, 0.5) is 0 Å². The Morgan fingerprint density at radius 2 is 2.44 bits per heavy atom. The van der Waals surface area contributed by atoms with Gasteiger partial charge in [0, 0.05) is 6.04 Å². The molecule has 1 heteroatoms. The monoisotopic (exact) mass is 123 g/mol. The molecule has 1 atom stereocenters. The Labute approximate surface area is 56.2 Å². The highest BCUT2D eigenvalue weighted by Gasteiger charge is 2.09. The highest BCUT2D eigenvalue weighted by Crippen LogP contribution is 2.18. The maximum Gasteiger partial charge on any atom is 0.0257 e. The zero-order chi connectivity index (χ0) is 6.85. The molecule has 9 heavy (non-hydrogen) atoms. The summed E-state index contributed by atoms with van der Waals surface area (Å²) in [4.78, 5) is 0. The third kappa shape index (κ3) is 1.42. The second-order valence-electron chi connectivity index (χ2n) is 2.69. The highest BCUT2D eigenvalue weighted by atomic mass is 14.6. The van der Waals surface area contributed by atoms with E-state index in [4.69, 9.17) is 5.73 Å². The van der Waals surface area contributed by atoms with Crippen LogP contribution in [0.25, 0.3) is 0 Å². The van der Waals surface area contributed by atoms with Gasteiger partial charge in [-0.05, 0) is 19.8 Å². The lowest BCUT2D eigenvalue weighted by Gasteiger charge is -2.17. The molecule has 1 rings (SSSR count). The van der Waals surface area contributed by atoms with Gasteiger partial charge < -0.3 is 5.73 Å². The lowest BCUT2D eigenvalue weighted by molar-refractivity contribution is 0.668. The van der Waals surface area contributed by atoms with Crippen molar-refractivity contribution < 1.29 is 0 Å². The first-order valence-corrected chi connectivity index (χ1v) is 3.31. The summed E-state index contributed by atoms with van der Waals surface area (Å²) in [5, 5.41) is 0. The number of rotatable bonds is 0. The van der Waals surface area contributed by atoms with Crippen LogP contribution in [0.5, 0.6) is 0 Å². The molecule has 1 aliphatic rings. The Morgan fingerprint density at radius 1 is 1.78 bits per heavy atom. The molecule has 0 aromatic heterocycles. The van der Waals surface area contributed by atoms with E-state index in [0.29, 0.717) is 0 Å². The molecule has 0 saturated heterocycles. The van der Waals surface area contributed by atoms with E-state index >= 15 is 0 Å². The molecular weight excluding hydrogens is 110 g/mol. The Bertz CT molecular complexity index is 156. The van der Waals surface area contributed by atoms with Crippen LogP contribution in [-0.2, 0) is 0 Å². The van der Waals surface area contributed by atoms with Crippen LogP contribution in [0.1, 0.15) is 19.8 Å². The molecule has 0 aromatic carbocycles. The fourth-order valence-electron chi connectivity index (χ4n) is 1.07. The van der Waals surface area contributed by atoms with Gasteiger partial charge in [-0.1, -0.05) is 23.8 Å². The van der Waals surface area contributed by atoms with Crippen LogP contribution in [0.15, 0.2) is 23.8 Å². The number of allylic oxidation sites excluding steroid dienone is 2. The first-order chi connectivity index (χ1) is 4.20. The largest absolute Gasteiger partial charge is 0.324 e. The Balaban J connectivity index is 2.72. The fourth-order valence-corrected chi connectivity index (χ4v) is 1.07. The first kappa shape index (κ1) is 6.56. The molecule has 0 spiro atoms. The molecule has 0 bridgehead atoms. The zero-order valence-electron chi connectivity index (χ0n) is 5.85. The van der Waals surface area contributed by atoms with Crippen molar-refractivity contribution in [3.63, 3.8) is 0 Å². The topological polar surface area (TPSA) is 26.0 Å². The Kier molecular flexibility index (Phi) is 1.72. The average molecular weight is 123 g/mol. The highest BCUT2D eigenvalue weighted by molar-refractivity contribution is 5.26. The van der Waals surface area contributed by atoms with Gasteiger partial charge in [0.05, 0.1) is 0 Å². The van der Waals surface area contributed by atoms with E-state index in [2.05, 4.69) is 19.6 Å². The fraction of sp³-hybridized carbons (Fsp3) is 0.500. The smallest absolute Gasteiger partial charge is 0.0257 e. The van der Waals surface area contributed by atoms with Crippen LogP contribution >= 0.6 is 0 Å².